The van der Waals surface area contributed by atoms with E-state index in [0.717, 1.165) is 23.5 Å². The number of amides is 1. The average Bonchev–Trinajstić information content (AvgIpc) is 2.93. The highest BCUT2D eigenvalue weighted by Crippen LogP contribution is 2.38. The Kier molecular flexibility index (Phi) is 5.86. The van der Waals surface area contributed by atoms with E-state index in [0.29, 0.717) is 4.88 Å². The number of alkyl halides is 3. The Labute approximate surface area is 150 Å². The van der Waals surface area contributed by atoms with Crippen LogP contribution in [0.4, 0.5) is 18.3 Å². The quantitative estimate of drug-likeness (QED) is 0.787. The largest absolute Gasteiger partial charge is 0.497 e. The van der Waals surface area contributed by atoms with Crippen LogP contribution < -0.4 is 10.1 Å². The van der Waals surface area contributed by atoms with Crippen LogP contribution in [0, 0.1) is 0 Å². The molecule has 0 atom stereocenters. The van der Waals surface area contributed by atoms with Crippen LogP contribution in [0.5, 0.6) is 5.75 Å². The molecule has 140 valence electrons. The minimum absolute atomic E-state index is 0.00217. The molecule has 0 aliphatic heterocycles. The monoisotopic (exact) mass is 388 g/mol. The Morgan fingerprint density at radius 1 is 1.23 bits per heavy atom. The lowest BCUT2D eigenvalue weighted by Crippen LogP contribution is -2.06. The van der Waals surface area contributed by atoms with Crippen molar-refractivity contribution >= 4 is 28.3 Å². The highest BCUT2D eigenvalue weighted by molar-refractivity contribution is 7.16. The molecule has 1 aromatic carbocycles. The summed E-state index contributed by atoms with van der Waals surface area (Å²) in [7, 11) is 1.25. The highest BCUT2D eigenvalue weighted by Gasteiger charge is 2.32. The van der Waals surface area contributed by atoms with Crippen LogP contribution in [-0.4, -0.2) is 24.0 Å². The van der Waals surface area contributed by atoms with E-state index >= 15 is 0 Å². The zero-order valence-corrected chi connectivity index (χ0v) is 14.9. The van der Waals surface area contributed by atoms with Crippen molar-refractivity contribution in [2.24, 2.45) is 0 Å². The van der Waals surface area contributed by atoms with E-state index in [4.69, 9.17) is 9.47 Å². The molecule has 10 heteroatoms. The third kappa shape index (κ3) is 4.94. The summed E-state index contributed by atoms with van der Waals surface area (Å²) < 4.78 is 49.3. The maximum absolute atomic E-state index is 13.1. The molecule has 0 saturated heterocycles. The van der Waals surface area contributed by atoms with Crippen LogP contribution in [0.25, 0.3) is 11.3 Å². The second-order valence-corrected chi connectivity index (χ2v) is 6.28. The standard InChI is InChI=1S/C16H15F3N2O4S/c1-8(22)20-15-21-14(13(26-15)7-25-9(2)23)10-4-11(16(17,18)19)6-12(5-10)24-3/h4-6H,7H2,1-3H3,(H,20,21,22). The topological polar surface area (TPSA) is 77.5 Å². The molecule has 1 amide bonds. The summed E-state index contributed by atoms with van der Waals surface area (Å²) in [5.74, 6) is -0.930. The lowest BCUT2D eigenvalue weighted by Gasteiger charge is -2.11. The maximum atomic E-state index is 13.1. The Bertz CT molecular complexity index is 833. The molecule has 0 aliphatic carbocycles. The molecule has 6 nitrogen and oxygen atoms in total. The first-order chi connectivity index (χ1) is 12.1. The van der Waals surface area contributed by atoms with E-state index in [1.807, 2.05) is 0 Å². The van der Waals surface area contributed by atoms with Crippen molar-refractivity contribution < 1.29 is 32.2 Å². The third-order valence-electron chi connectivity index (χ3n) is 3.13. The van der Waals surface area contributed by atoms with Crippen LogP contribution in [0.15, 0.2) is 18.2 Å². The van der Waals surface area contributed by atoms with Gasteiger partial charge in [0.15, 0.2) is 5.13 Å². The Hall–Kier alpha value is -2.62. The molecule has 0 unspecified atom stereocenters. The number of anilines is 1. The Balaban J connectivity index is 2.55. The first-order valence-corrected chi connectivity index (χ1v) is 8.09. The van der Waals surface area contributed by atoms with E-state index in [1.54, 1.807) is 0 Å². The van der Waals surface area contributed by atoms with Crippen molar-refractivity contribution in [1.82, 2.24) is 4.98 Å². The molecule has 0 saturated carbocycles. The van der Waals surface area contributed by atoms with Gasteiger partial charge in [-0.2, -0.15) is 13.2 Å². The van der Waals surface area contributed by atoms with Gasteiger partial charge in [-0.05, 0) is 18.2 Å². The summed E-state index contributed by atoms with van der Waals surface area (Å²) in [6, 6.07) is 3.18. The number of esters is 1. The van der Waals surface area contributed by atoms with E-state index in [9.17, 15) is 22.8 Å². The fourth-order valence-electron chi connectivity index (χ4n) is 2.06. The molecular weight excluding hydrogens is 373 g/mol. The van der Waals surface area contributed by atoms with Gasteiger partial charge in [0, 0.05) is 19.4 Å². The van der Waals surface area contributed by atoms with Gasteiger partial charge in [-0.15, -0.1) is 0 Å². The molecule has 1 aromatic heterocycles. The molecule has 0 radical (unpaired) electrons. The number of carbonyl (C=O) groups excluding carboxylic acids is 2. The molecule has 2 aromatic rings. The number of halogens is 3. The number of benzene rings is 1. The number of hydrogen-bond donors (Lipinski definition) is 1. The zero-order chi connectivity index (χ0) is 19.5. The molecule has 0 spiro atoms. The van der Waals surface area contributed by atoms with Crippen molar-refractivity contribution in [3.05, 3.63) is 28.6 Å². The van der Waals surface area contributed by atoms with Crippen molar-refractivity contribution in [2.45, 2.75) is 26.6 Å². The molecule has 0 aliphatic rings. The summed E-state index contributed by atoms with van der Waals surface area (Å²) >= 11 is 1.01. The van der Waals surface area contributed by atoms with Crippen molar-refractivity contribution in [1.29, 1.82) is 0 Å². The lowest BCUT2D eigenvalue weighted by molar-refractivity contribution is -0.142. The predicted molar refractivity (Wildman–Crippen MR) is 88.9 cm³/mol. The number of methoxy groups -OCH3 is 1. The van der Waals surface area contributed by atoms with E-state index in [2.05, 4.69) is 10.3 Å². The van der Waals surface area contributed by atoms with Gasteiger partial charge in [-0.3, -0.25) is 9.59 Å². The first kappa shape index (κ1) is 19.7. The number of rotatable bonds is 5. The average molecular weight is 388 g/mol. The third-order valence-corrected chi connectivity index (χ3v) is 4.07. The fourth-order valence-corrected chi connectivity index (χ4v) is 3.01. The fraction of sp³-hybridized carbons (Fsp3) is 0.312. The molecule has 2 rings (SSSR count). The van der Waals surface area contributed by atoms with Crippen molar-refractivity contribution in [2.75, 3.05) is 12.4 Å². The van der Waals surface area contributed by atoms with Gasteiger partial charge < -0.3 is 14.8 Å². The van der Waals surface area contributed by atoms with E-state index < -0.39 is 17.7 Å². The summed E-state index contributed by atoms with van der Waals surface area (Å²) in [5.41, 5.74) is -0.601. The molecule has 0 fully saturated rings. The molecule has 0 bridgehead atoms. The number of carbonyl (C=O) groups is 2. The van der Waals surface area contributed by atoms with Crippen LogP contribution >= 0.6 is 11.3 Å². The first-order valence-electron chi connectivity index (χ1n) is 7.27. The number of thiazole rings is 1. The van der Waals surface area contributed by atoms with Crippen molar-refractivity contribution in [3.8, 4) is 17.0 Å². The van der Waals surface area contributed by atoms with Gasteiger partial charge >= 0.3 is 12.1 Å². The maximum Gasteiger partial charge on any atom is 0.416 e. The predicted octanol–water partition coefficient (Wildman–Crippen LogP) is 3.86. The van der Waals surface area contributed by atoms with Crippen molar-refractivity contribution in [3.63, 3.8) is 0 Å². The second-order valence-electron chi connectivity index (χ2n) is 5.20. The van der Waals surface area contributed by atoms with E-state index in [1.165, 1.54) is 27.0 Å². The highest BCUT2D eigenvalue weighted by atomic mass is 32.1. The second kappa shape index (κ2) is 7.73. The van der Waals surface area contributed by atoms with Gasteiger partial charge in [-0.1, -0.05) is 11.3 Å². The van der Waals surface area contributed by atoms with Gasteiger partial charge in [0.1, 0.15) is 12.4 Å². The lowest BCUT2D eigenvalue weighted by atomic mass is 10.1. The summed E-state index contributed by atoms with van der Waals surface area (Å²) in [5, 5.41) is 2.66. The number of nitrogens with zero attached hydrogens (tertiary/aromatic N) is 1. The number of hydrogen-bond acceptors (Lipinski definition) is 6. The minimum atomic E-state index is -4.57. The van der Waals surface area contributed by atoms with Crippen LogP contribution in [0.3, 0.4) is 0 Å². The van der Waals surface area contributed by atoms with E-state index in [-0.39, 0.29) is 34.7 Å². The summed E-state index contributed by atoms with van der Waals surface area (Å²) in [6.45, 7) is 2.31. The summed E-state index contributed by atoms with van der Waals surface area (Å²) in [4.78, 5) is 26.8. The van der Waals surface area contributed by atoms with Gasteiger partial charge in [0.2, 0.25) is 5.91 Å². The Morgan fingerprint density at radius 2 is 1.92 bits per heavy atom. The van der Waals surface area contributed by atoms with Gasteiger partial charge in [-0.25, -0.2) is 4.98 Å². The molecular formula is C16H15F3N2O4S. The number of nitrogens with one attached hydrogen (secondary N) is 1. The van der Waals surface area contributed by atoms with Crippen LogP contribution in [0.2, 0.25) is 0 Å². The van der Waals surface area contributed by atoms with Crippen LogP contribution in [-0.2, 0) is 27.1 Å². The SMILES string of the molecule is COc1cc(-c2nc(NC(C)=O)sc2COC(C)=O)cc(C(F)(F)F)c1. The van der Waals surface area contributed by atoms with Gasteiger partial charge in [0.25, 0.3) is 0 Å². The minimum Gasteiger partial charge on any atom is -0.497 e. The molecule has 1 N–H and O–H groups in total. The smallest absolute Gasteiger partial charge is 0.416 e. The molecule has 26 heavy (non-hydrogen) atoms. The summed E-state index contributed by atoms with van der Waals surface area (Å²) in [6.07, 6.45) is -4.57. The van der Waals surface area contributed by atoms with Gasteiger partial charge in [0.05, 0.1) is 23.2 Å². The normalized spacial score (nSPS) is 11.2. The zero-order valence-electron chi connectivity index (χ0n) is 14.1. The molecule has 1 heterocycles. The number of aromatic nitrogens is 1. The van der Waals surface area contributed by atoms with Crippen LogP contribution in [0.1, 0.15) is 24.3 Å². The number of ether oxygens (including phenoxy) is 2. The Morgan fingerprint density at radius 3 is 2.46 bits per heavy atom.